The Morgan fingerprint density at radius 1 is 0.429 bits per heavy atom. The third-order valence-electron chi connectivity index (χ3n) is 5.16. The van der Waals surface area contributed by atoms with Gasteiger partial charge in [0.2, 0.25) is 0 Å². The first-order valence-corrected chi connectivity index (χ1v) is 6.32. The van der Waals surface area contributed by atoms with Crippen molar-refractivity contribution in [1.82, 2.24) is 0 Å². The van der Waals surface area contributed by atoms with Crippen LogP contribution in [-0.4, -0.2) is 64.7 Å². The van der Waals surface area contributed by atoms with E-state index in [1.165, 1.54) is 52.4 Å². The Balaban J connectivity index is 1.73. The minimum Gasteiger partial charge on any atom is -0.266 e. The molecule has 0 spiro atoms. The number of nitrogens with one attached hydrogen (secondary N) is 4. The van der Waals surface area contributed by atoms with Crippen molar-refractivity contribution in [1.29, 1.82) is 0 Å². The average molecular weight is 198 g/mol. The Kier molecular flexibility index (Phi) is 1.55. The molecule has 4 N–H and O–H groups in total. The van der Waals surface area contributed by atoms with Crippen LogP contribution in [0.5, 0.6) is 0 Å². The summed E-state index contributed by atoms with van der Waals surface area (Å²) in [5, 5.41) is 0. The molecule has 4 rings (SSSR count). The zero-order chi connectivity index (χ0) is 9.12. The highest BCUT2D eigenvalue weighted by Gasteiger charge is 2.63. The van der Waals surface area contributed by atoms with Crippen LogP contribution in [0.2, 0.25) is 0 Å². The lowest BCUT2D eigenvalue weighted by atomic mass is 10.2. The van der Waals surface area contributed by atoms with Gasteiger partial charge in [0, 0.05) is 0 Å². The molecule has 4 heteroatoms. The molecule has 4 fully saturated rings. The molecule has 0 aromatic rings. The largest absolute Gasteiger partial charge is 0.321 e. The molecule has 0 radical (unpaired) electrons. The molecule has 4 aliphatic rings. The van der Waals surface area contributed by atoms with E-state index in [1.54, 1.807) is 0 Å². The molecule has 78 valence electrons. The Bertz CT molecular complexity index is 207. The smallest absolute Gasteiger partial charge is 0.266 e. The Labute approximate surface area is 85.0 Å². The molecule has 0 saturated carbocycles. The van der Waals surface area contributed by atoms with Crippen molar-refractivity contribution in [3.05, 3.63) is 0 Å². The fraction of sp³-hybridized carbons (Fsp3) is 1.00. The summed E-state index contributed by atoms with van der Waals surface area (Å²) in [4.78, 5) is 7.75. The molecule has 0 bridgehead atoms. The minimum absolute atomic E-state index is 0.977. The maximum atomic E-state index is 1.94. The van der Waals surface area contributed by atoms with Gasteiger partial charge in [-0.1, -0.05) is 0 Å². The van der Waals surface area contributed by atoms with Crippen LogP contribution < -0.4 is 19.6 Å². The molecule has 4 heterocycles. The summed E-state index contributed by atoms with van der Waals surface area (Å²) in [6.07, 6.45) is 1.95. The third-order valence-corrected chi connectivity index (χ3v) is 5.16. The van der Waals surface area contributed by atoms with Gasteiger partial charge in [0.1, 0.15) is 52.4 Å². The standard InChI is InChI=1S/C10H18N4/c1-2-12-7-8-14-4-3-13-6-5-11(1)9(12)10(13)14/h9-10H,1-8H2/p+4. The van der Waals surface area contributed by atoms with Gasteiger partial charge in [0.05, 0.1) is 0 Å². The second kappa shape index (κ2) is 2.70. The van der Waals surface area contributed by atoms with E-state index in [2.05, 4.69) is 0 Å². The molecule has 14 heavy (non-hydrogen) atoms. The minimum atomic E-state index is 0.977. The lowest BCUT2D eigenvalue weighted by molar-refractivity contribution is -1.22. The SMILES string of the molecule is C1C[NH+]2CC[NH+]3CC[NH+]4CC[NH+]1C2C43. The van der Waals surface area contributed by atoms with Crippen molar-refractivity contribution in [2.24, 2.45) is 0 Å². The van der Waals surface area contributed by atoms with E-state index < -0.39 is 0 Å². The lowest BCUT2D eigenvalue weighted by Crippen LogP contribution is -3.49. The fourth-order valence-electron chi connectivity index (χ4n) is 4.55. The van der Waals surface area contributed by atoms with Crippen molar-refractivity contribution < 1.29 is 19.6 Å². The number of hydrogen-bond donors (Lipinski definition) is 4. The summed E-state index contributed by atoms with van der Waals surface area (Å²) in [7, 11) is 0. The van der Waals surface area contributed by atoms with Gasteiger partial charge in [0.25, 0.3) is 0 Å². The summed E-state index contributed by atoms with van der Waals surface area (Å²) in [5.74, 6) is 0. The predicted molar refractivity (Wildman–Crippen MR) is 50.4 cm³/mol. The van der Waals surface area contributed by atoms with Gasteiger partial charge >= 0.3 is 12.3 Å². The van der Waals surface area contributed by atoms with Gasteiger partial charge in [-0.2, -0.15) is 0 Å². The van der Waals surface area contributed by atoms with Crippen LogP contribution >= 0.6 is 0 Å². The summed E-state index contributed by atoms with van der Waals surface area (Å²) in [6.45, 7) is 11.6. The van der Waals surface area contributed by atoms with E-state index >= 15 is 0 Å². The fourth-order valence-corrected chi connectivity index (χ4v) is 4.55. The van der Waals surface area contributed by atoms with Gasteiger partial charge < -0.3 is 0 Å². The van der Waals surface area contributed by atoms with Gasteiger partial charge in [-0.15, -0.1) is 0 Å². The van der Waals surface area contributed by atoms with Crippen molar-refractivity contribution in [3.8, 4) is 0 Å². The Morgan fingerprint density at radius 3 is 0.857 bits per heavy atom. The molecule has 0 amide bonds. The third kappa shape index (κ3) is 0.877. The van der Waals surface area contributed by atoms with Crippen LogP contribution in [0, 0.1) is 0 Å². The maximum absolute atomic E-state index is 1.94. The quantitative estimate of drug-likeness (QED) is 0.296. The zero-order valence-corrected chi connectivity index (χ0v) is 8.81. The number of hydrogen-bond acceptors (Lipinski definition) is 0. The Hall–Kier alpha value is -0.160. The van der Waals surface area contributed by atoms with E-state index in [0.29, 0.717) is 0 Å². The molecule has 4 aliphatic heterocycles. The molecule has 0 aromatic carbocycles. The average Bonchev–Trinajstić information content (AvgIpc) is 2.77. The van der Waals surface area contributed by atoms with E-state index in [4.69, 9.17) is 0 Å². The molecule has 0 aliphatic carbocycles. The van der Waals surface area contributed by atoms with E-state index in [1.807, 2.05) is 19.6 Å². The van der Waals surface area contributed by atoms with Crippen LogP contribution in [0.15, 0.2) is 0 Å². The van der Waals surface area contributed by atoms with Gasteiger partial charge in [-0.25, -0.2) is 0 Å². The zero-order valence-electron chi connectivity index (χ0n) is 8.81. The highest BCUT2D eigenvalue weighted by atomic mass is 15.6. The molecule has 4 saturated heterocycles. The van der Waals surface area contributed by atoms with Gasteiger partial charge in [0.15, 0.2) is 0 Å². The second-order valence-corrected chi connectivity index (χ2v) is 5.59. The van der Waals surface area contributed by atoms with Crippen molar-refractivity contribution in [2.75, 3.05) is 52.4 Å². The van der Waals surface area contributed by atoms with Crippen LogP contribution in [0.25, 0.3) is 0 Å². The molecular formula is C10H22N4+4. The molecule has 4 nitrogen and oxygen atoms in total. The topological polar surface area (TPSA) is 17.8 Å². The Morgan fingerprint density at radius 2 is 0.643 bits per heavy atom. The number of piperazine rings is 2. The monoisotopic (exact) mass is 198 g/mol. The van der Waals surface area contributed by atoms with Gasteiger partial charge in [-0.3, -0.25) is 19.6 Å². The highest BCUT2D eigenvalue weighted by molar-refractivity contribution is 4.62. The maximum Gasteiger partial charge on any atom is 0.321 e. The molecule has 0 atom stereocenters. The first-order valence-electron chi connectivity index (χ1n) is 6.32. The first kappa shape index (κ1) is 8.05. The molecular weight excluding hydrogens is 176 g/mol. The van der Waals surface area contributed by atoms with Crippen LogP contribution in [0.3, 0.4) is 0 Å². The normalized spacial score (nSPS) is 60.0. The van der Waals surface area contributed by atoms with E-state index in [9.17, 15) is 0 Å². The lowest BCUT2D eigenvalue weighted by Gasteiger charge is -2.38. The predicted octanol–water partition coefficient (Wildman–Crippen LogP) is -6.77. The summed E-state index contributed by atoms with van der Waals surface area (Å²) >= 11 is 0. The van der Waals surface area contributed by atoms with Gasteiger partial charge in [-0.05, 0) is 0 Å². The molecule has 0 unspecified atom stereocenters. The first-order chi connectivity index (χ1) is 6.93. The second-order valence-electron chi connectivity index (χ2n) is 5.59. The van der Waals surface area contributed by atoms with Crippen LogP contribution in [-0.2, 0) is 0 Å². The van der Waals surface area contributed by atoms with Crippen molar-refractivity contribution in [3.63, 3.8) is 0 Å². The highest BCUT2D eigenvalue weighted by Crippen LogP contribution is 1.86. The van der Waals surface area contributed by atoms with Crippen LogP contribution in [0.1, 0.15) is 0 Å². The van der Waals surface area contributed by atoms with E-state index in [-0.39, 0.29) is 0 Å². The number of quaternary nitrogens is 4. The van der Waals surface area contributed by atoms with Crippen LogP contribution in [0.4, 0.5) is 0 Å². The van der Waals surface area contributed by atoms with Crippen molar-refractivity contribution in [2.45, 2.75) is 12.3 Å². The summed E-state index contributed by atoms with van der Waals surface area (Å²) < 4.78 is 0. The number of rotatable bonds is 0. The van der Waals surface area contributed by atoms with Crippen molar-refractivity contribution >= 4 is 0 Å². The summed E-state index contributed by atoms with van der Waals surface area (Å²) in [5.41, 5.74) is 0. The molecule has 0 aromatic heterocycles. The summed E-state index contributed by atoms with van der Waals surface area (Å²) in [6, 6.07) is 0. The van der Waals surface area contributed by atoms with E-state index in [0.717, 1.165) is 12.3 Å².